The molecule has 0 aromatic carbocycles. The van der Waals surface area contributed by atoms with Crippen LogP contribution < -0.4 is 5.73 Å². The maximum absolute atomic E-state index is 12.4. The summed E-state index contributed by atoms with van der Waals surface area (Å²) in [5.74, 6) is -0.0195. The molecule has 114 valence electrons. The number of aromatic nitrogens is 3. The van der Waals surface area contributed by atoms with Gasteiger partial charge in [-0.25, -0.2) is 4.68 Å². The second-order valence-corrected chi connectivity index (χ2v) is 5.53. The zero-order valence-electron chi connectivity index (χ0n) is 11.9. The first-order valence-electron chi connectivity index (χ1n) is 6.61. The summed E-state index contributed by atoms with van der Waals surface area (Å²) in [6.07, 6.45) is 1.69. The fourth-order valence-corrected chi connectivity index (χ4v) is 2.55. The molecule has 0 spiro atoms. The molecule has 2 heterocycles. The van der Waals surface area contributed by atoms with Gasteiger partial charge in [-0.3, -0.25) is 4.79 Å². The summed E-state index contributed by atoms with van der Waals surface area (Å²) in [5, 5.41) is 9.78. The van der Waals surface area contributed by atoms with Gasteiger partial charge in [0.15, 0.2) is 0 Å². The first kappa shape index (κ1) is 15.6. The van der Waals surface area contributed by atoms with Crippen molar-refractivity contribution in [1.82, 2.24) is 19.9 Å². The summed E-state index contributed by atoms with van der Waals surface area (Å²) in [7, 11) is 1.62. The number of thiophene rings is 1. The highest BCUT2D eigenvalue weighted by atomic mass is 32.1. The van der Waals surface area contributed by atoms with Crippen LogP contribution in [0.1, 0.15) is 10.6 Å². The molecule has 2 aromatic heterocycles. The number of carbonyl (C=O) groups excluding carboxylic acids is 1. The minimum atomic E-state index is -0.0195. The third-order valence-corrected chi connectivity index (χ3v) is 3.80. The van der Waals surface area contributed by atoms with Crippen LogP contribution in [0.4, 0.5) is 0 Å². The standard InChI is InChI=1S/C13H19N5O2S/c1-20-5-4-17(9-12-3-2-6-21-12)13(19)10-18-8-11(7-14)15-16-18/h2-3,6,8H,4-5,7,9-10,14H2,1H3. The van der Waals surface area contributed by atoms with Crippen LogP contribution in [-0.4, -0.2) is 46.1 Å². The first-order chi connectivity index (χ1) is 10.2. The van der Waals surface area contributed by atoms with E-state index in [1.54, 1.807) is 29.5 Å². The number of hydrogen-bond acceptors (Lipinski definition) is 6. The second-order valence-electron chi connectivity index (χ2n) is 4.50. The Morgan fingerprint density at radius 1 is 1.57 bits per heavy atom. The normalized spacial score (nSPS) is 10.8. The van der Waals surface area contributed by atoms with E-state index in [9.17, 15) is 4.79 Å². The number of rotatable bonds is 8. The van der Waals surface area contributed by atoms with Crippen molar-refractivity contribution in [3.05, 3.63) is 34.3 Å². The van der Waals surface area contributed by atoms with Crippen molar-refractivity contribution in [3.8, 4) is 0 Å². The number of carbonyl (C=O) groups is 1. The molecule has 2 rings (SSSR count). The van der Waals surface area contributed by atoms with E-state index in [-0.39, 0.29) is 12.5 Å². The van der Waals surface area contributed by atoms with Gasteiger partial charge in [-0.2, -0.15) is 0 Å². The number of ether oxygens (including phenoxy) is 1. The highest BCUT2D eigenvalue weighted by Crippen LogP contribution is 2.12. The van der Waals surface area contributed by atoms with Crippen LogP contribution >= 0.6 is 11.3 Å². The predicted octanol–water partition coefficient (Wildman–Crippen LogP) is 0.474. The van der Waals surface area contributed by atoms with Gasteiger partial charge in [0.2, 0.25) is 5.91 Å². The third kappa shape index (κ3) is 4.62. The van der Waals surface area contributed by atoms with Gasteiger partial charge in [-0.15, -0.1) is 16.4 Å². The van der Waals surface area contributed by atoms with E-state index >= 15 is 0 Å². The number of methoxy groups -OCH3 is 1. The highest BCUT2D eigenvalue weighted by Gasteiger charge is 2.15. The van der Waals surface area contributed by atoms with E-state index in [0.29, 0.717) is 31.9 Å². The van der Waals surface area contributed by atoms with Gasteiger partial charge in [0.25, 0.3) is 0 Å². The van der Waals surface area contributed by atoms with Crippen molar-refractivity contribution in [2.75, 3.05) is 20.3 Å². The fraction of sp³-hybridized carbons (Fsp3) is 0.462. The monoisotopic (exact) mass is 309 g/mol. The van der Waals surface area contributed by atoms with Gasteiger partial charge in [-0.1, -0.05) is 11.3 Å². The van der Waals surface area contributed by atoms with Crippen LogP contribution in [0.25, 0.3) is 0 Å². The van der Waals surface area contributed by atoms with Crippen LogP contribution in [0.15, 0.2) is 23.7 Å². The van der Waals surface area contributed by atoms with E-state index in [0.717, 1.165) is 4.88 Å². The Balaban J connectivity index is 1.99. The Bertz CT molecular complexity index is 555. The minimum Gasteiger partial charge on any atom is -0.383 e. The predicted molar refractivity (Wildman–Crippen MR) is 79.5 cm³/mol. The van der Waals surface area contributed by atoms with Gasteiger partial charge < -0.3 is 15.4 Å². The van der Waals surface area contributed by atoms with Gasteiger partial charge in [0.1, 0.15) is 6.54 Å². The maximum atomic E-state index is 12.4. The molecule has 21 heavy (non-hydrogen) atoms. The van der Waals surface area contributed by atoms with Gasteiger partial charge in [0, 0.05) is 25.1 Å². The molecule has 0 aliphatic rings. The third-order valence-electron chi connectivity index (χ3n) is 2.94. The molecule has 0 bridgehead atoms. The Labute approximate surface area is 127 Å². The molecule has 8 heteroatoms. The summed E-state index contributed by atoms with van der Waals surface area (Å²) in [6.45, 7) is 2.10. The molecule has 0 unspecified atom stereocenters. The quantitative estimate of drug-likeness (QED) is 0.766. The van der Waals surface area contributed by atoms with Crippen molar-refractivity contribution in [3.63, 3.8) is 0 Å². The molecule has 0 radical (unpaired) electrons. The average molecular weight is 309 g/mol. The second kappa shape index (κ2) is 7.87. The zero-order valence-corrected chi connectivity index (χ0v) is 12.8. The largest absolute Gasteiger partial charge is 0.383 e. The Hall–Kier alpha value is -1.77. The van der Waals surface area contributed by atoms with Crippen molar-refractivity contribution >= 4 is 17.2 Å². The molecule has 0 aliphatic carbocycles. The van der Waals surface area contributed by atoms with Crippen LogP contribution in [0.2, 0.25) is 0 Å². The molecular weight excluding hydrogens is 290 g/mol. The lowest BCUT2D eigenvalue weighted by Gasteiger charge is -2.21. The van der Waals surface area contributed by atoms with E-state index < -0.39 is 0 Å². The molecular formula is C13H19N5O2S. The lowest BCUT2D eigenvalue weighted by atomic mass is 10.3. The molecule has 1 amide bonds. The number of amides is 1. The Morgan fingerprint density at radius 3 is 3.05 bits per heavy atom. The fourth-order valence-electron chi connectivity index (χ4n) is 1.83. The molecule has 0 saturated carbocycles. The first-order valence-corrected chi connectivity index (χ1v) is 7.49. The summed E-state index contributed by atoms with van der Waals surface area (Å²) in [5.41, 5.74) is 6.15. The summed E-state index contributed by atoms with van der Waals surface area (Å²) >= 11 is 1.63. The van der Waals surface area contributed by atoms with Crippen molar-refractivity contribution in [2.45, 2.75) is 19.6 Å². The van der Waals surface area contributed by atoms with Gasteiger partial charge >= 0.3 is 0 Å². The molecule has 0 saturated heterocycles. The average Bonchev–Trinajstić information content (AvgIpc) is 3.14. The lowest BCUT2D eigenvalue weighted by Crippen LogP contribution is -2.35. The topological polar surface area (TPSA) is 86.3 Å². The smallest absolute Gasteiger partial charge is 0.244 e. The van der Waals surface area contributed by atoms with Crippen molar-refractivity contribution in [1.29, 1.82) is 0 Å². The number of nitrogens with zero attached hydrogens (tertiary/aromatic N) is 4. The van der Waals surface area contributed by atoms with Crippen molar-refractivity contribution in [2.24, 2.45) is 5.73 Å². The number of nitrogens with two attached hydrogens (primary N) is 1. The summed E-state index contributed by atoms with van der Waals surface area (Å²) < 4.78 is 6.58. The van der Waals surface area contributed by atoms with Crippen molar-refractivity contribution < 1.29 is 9.53 Å². The maximum Gasteiger partial charge on any atom is 0.244 e. The molecule has 2 aromatic rings. The van der Waals surface area contributed by atoms with Crippen LogP contribution in [0.3, 0.4) is 0 Å². The highest BCUT2D eigenvalue weighted by molar-refractivity contribution is 7.09. The van der Waals surface area contributed by atoms with Crippen LogP contribution in [-0.2, 0) is 29.2 Å². The Morgan fingerprint density at radius 2 is 2.43 bits per heavy atom. The molecule has 0 aliphatic heterocycles. The number of hydrogen-bond donors (Lipinski definition) is 1. The molecule has 0 atom stereocenters. The molecule has 2 N–H and O–H groups in total. The van der Waals surface area contributed by atoms with Gasteiger partial charge in [-0.05, 0) is 11.4 Å². The van der Waals surface area contributed by atoms with Gasteiger partial charge in [0.05, 0.1) is 25.0 Å². The minimum absolute atomic E-state index is 0.0195. The van der Waals surface area contributed by atoms with E-state index in [1.165, 1.54) is 4.68 Å². The van der Waals surface area contributed by atoms with Crippen LogP contribution in [0.5, 0.6) is 0 Å². The van der Waals surface area contributed by atoms with E-state index in [4.69, 9.17) is 10.5 Å². The van der Waals surface area contributed by atoms with E-state index in [1.807, 2.05) is 17.5 Å². The lowest BCUT2D eigenvalue weighted by molar-refractivity contribution is -0.133. The zero-order chi connectivity index (χ0) is 15.1. The van der Waals surface area contributed by atoms with Crippen LogP contribution in [0, 0.1) is 0 Å². The molecule has 7 nitrogen and oxygen atoms in total. The van der Waals surface area contributed by atoms with E-state index in [2.05, 4.69) is 10.3 Å². The molecule has 0 fully saturated rings. The summed E-state index contributed by atoms with van der Waals surface area (Å²) in [4.78, 5) is 15.3. The summed E-state index contributed by atoms with van der Waals surface area (Å²) in [6, 6.07) is 3.99. The SMILES string of the molecule is COCCN(Cc1cccs1)C(=O)Cn1cc(CN)nn1. The Kier molecular flexibility index (Phi) is 5.85.